The van der Waals surface area contributed by atoms with Gasteiger partial charge in [0.2, 0.25) is 5.91 Å². The average molecular weight is 426 g/mol. The fourth-order valence-electron chi connectivity index (χ4n) is 2.37. The number of benzene rings is 1. The van der Waals surface area contributed by atoms with Crippen LogP contribution in [0.5, 0.6) is 0 Å². The Labute approximate surface area is 160 Å². The highest BCUT2D eigenvalue weighted by Crippen LogP contribution is 2.24. The second kappa shape index (κ2) is 7.91. The number of fused-ring (bicyclic) bond motifs is 1. The molecule has 0 fully saturated rings. The summed E-state index contributed by atoms with van der Waals surface area (Å²) in [6.45, 7) is 10.3. The summed E-state index contributed by atoms with van der Waals surface area (Å²) in [7, 11) is 0. The molecule has 1 aromatic heterocycles. The van der Waals surface area contributed by atoms with Crippen LogP contribution in [0.25, 0.3) is 10.9 Å². The molecule has 2 rings (SSSR count). The smallest absolute Gasteiger partial charge is 0.262 e. The third-order valence-corrected chi connectivity index (χ3v) is 5.06. The number of carbonyl (C=O) groups excluding carboxylic acids is 1. The Bertz CT molecular complexity index is 843. The molecule has 0 radical (unpaired) electrons. The minimum absolute atomic E-state index is 0.0642. The molecule has 1 aromatic carbocycles. The Morgan fingerprint density at radius 1 is 1.40 bits per heavy atom. The lowest BCUT2D eigenvalue weighted by Crippen LogP contribution is -2.44. The summed E-state index contributed by atoms with van der Waals surface area (Å²) in [4.78, 5) is 29.9. The van der Waals surface area contributed by atoms with E-state index < -0.39 is 0 Å². The summed E-state index contributed by atoms with van der Waals surface area (Å²) in [5.41, 5.74) is 0.281. The van der Waals surface area contributed by atoms with Crippen molar-refractivity contribution < 1.29 is 4.79 Å². The maximum atomic E-state index is 12.9. The van der Waals surface area contributed by atoms with Gasteiger partial charge in [0.15, 0.2) is 5.16 Å². The molecule has 0 saturated carbocycles. The van der Waals surface area contributed by atoms with E-state index in [1.807, 2.05) is 46.8 Å². The van der Waals surface area contributed by atoms with Crippen molar-refractivity contribution in [3.8, 4) is 0 Å². The largest absolute Gasteiger partial charge is 0.351 e. The Kier molecular flexibility index (Phi) is 6.32. The Morgan fingerprint density at radius 2 is 2.08 bits per heavy atom. The molecular weight excluding hydrogens is 402 g/mol. The molecule has 0 spiro atoms. The monoisotopic (exact) mass is 425 g/mol. The van der Waals surface area contributed by atoms with E-state index in [4.69, 9.17) is 0 Å². The van der Waals surface area contributed by atoms with Crippen LogP contribution in [0.15, 0.2) is 32.6 Å². The predicted octanol–water partition coefficient (Wildman–Crippen LogP) is 3.96. The molecule has 2 aromatic rings. The fourth-order valence-corrected chi connectivity index (χ4v) is 3.66. The van der Waals surface area contributed by atoms with Gasteiger partial charge >= 0.3 is 0 Å². The van der Waals surface area contributed by atoms with E-state index in [0.29, 0.717) is 22.6 Å². The molecule has 1 heterocycles. The Hall–Kier alpha value is -1.34. The quantitative estimate of drug-likeness (QED) is 0.581. The molecule has 1 atom stereocenters. The van der Waals surface area contributed by atoms with Crippen molar-refractivity contribution in [3.63, 3.8) is 0 Å². The van der Waals surface area contributed by atoms with Crippen LogP contribution in [0.4, 0.5) is 0 Å². The molecule has 0 aliphatic rings. The first kappa shape index (κ1) is 20.0. The molecule has 0 saturated heterocycles. The van der Waals surface area contributed by atoms with Gasteiger partial charge in [-0.3, -0.25) is 14.2 Å². The van der Waals surface area contributed by atoms with Crippen LogP contribution in [0.3, 0.4) is 0 Å². The van der Waals surface area contributed by atoms with Gasteiger partial charge in [-0.1, -0.05) is 34.6 Å². The van der Waals surface area contributed by atoms with Gasteiger partial charge < -0.3 is 5.32 Å². The predicted molar refractivity (Wildman–Crippen MR) is 107 cm³/mol. The number of hydrogen-bond acceptors (Lipinski definition) is 4. The minimum atomic E-state index is -0.345. The zero-order chi connectivity index (χ0) is 18.8. The first-order chi connectivity index (χ1) is 11.6. The standard InChI is InChI=1S/C18H24BrN3O2S/c1-6-9-22-16(24)13-10-12(19)7-8-14(13)20-17(22)25-11(2)15(23)21-18(3,4)5/h7-8,10-11H,6,9H2,1-5H3,(H,21,23). The second-order valence-electron chi connectivity index (χ2n) is 7.01. The van der Waals surface area contributed by atoms with Crippen LogP contribution in [0.2, 0.25) is 0 Å². The van der Waals surface area contributed by atoms with Crippen LogP contribution in [0, 0.1) is 0 Å². The van der Waals surface area contributed by atoms with Crippen LogP contribution < -0.4 is 10.9 Å². The highest BCUT2D eigenvalue weighted by atomic mass is 79.9. The van der Waals surface area contributed by atoms with Gasteiger partial charge in [-0.15, -0.1) is 0 Å². The fraction of sp³-hybridized carbons (Fsp3) is 0.500. The van der Waals surface area contributed by atoms with E-state index in [2.05, 4.69) is 26.2 Å². The van der Waals surface area contributed by atoms with Gasteiger partial charge in [0.1, 0.15) is 0 Å². The number of thioether (sulfide) groups is 1. The van der Waals surface area contributed by atoms with E-state index in [1.165, 1.54) is 11.8 Å². The van der Waals surface area contributed by atoms with Gasteiger partial charge in [-0.05, 0) is 52.3 Å². The number of nitrogens with one attached hydrogen (secondary N) is 1. The normalized spacial score (nSPS) is 13.0. The topological polar surface area (TPSA) is 64.0 Å². The maximum Gasteiger partial charge on any atom is 0.262 e. The minimum Gasteiger partial charge on any atom is -0.351 e. The number of aromatic nitrogens is 2. The van der Waals surface area contributed by atoms with Crippen molar-refractivity contribution >= 4 is 44.5 Å². The number of amides is 1. The van der Waals surface area contributed by atoms with Crippen molar-refractivity contribution in [2.24, 2.45) is 0 Å². The van der Waals surface area contributed by atoms with Crippen LogP contribution >= 0.6 is 27.7 Å². The lowest BCUT2D eigenvalue weighted by molar-refractivity contribution is -0.121. The number of carbonyl (C=O) groups is 1. The highest BCUT2D eigenvalue weighted by molar-refractivity contribution is 9.10. The molecule has 1 unspecified atom stereocenters. The second-order valence-corrected chi connectivity index (χ2v) is 9.24. The van der Waals surface area contributed by atoms with Crippen molar-refractivity contribution in [1.82, 2.24) is 14.9 Å². The lowest BCUT2D eigenvalue weighted by Gasteiger charge is -2.23. The van der Waals surface area contributed by atoms with E-state index in [-0.39, 0.29) is 22.3 Å². The van der Waals surface area contributed by atoms with Gasteiger partial charge in [-0.25, -0.2) is 4.98 Å². The van der Waals surface area contributed by atoms with Crippen molar-refractivity contribution in [2.75, 3.05) is 0 Å². The van der Waals surface area contributed by atoms with Crippen molar-refractivity contribution in [3.05, 3.63) is 33.0 Å². The number of nitrogens with zero attached hydrogens (tertiary/aromatic N) is 2. The van der Waals surface area contributed by atoms with Gasteiger partial charge in [-0.2, -0.15) is 0 Å². The molecule has 0 bridgehead atoms. The molecule has 0 aliphatic heterocycles. The summed E-state index contributed by atoms with van der Waals surface area (Å²) in [5.74, 6) is -0.0642. The molecule has 136 valence electrons. The number of rotatable bonds is 5. The van der Waals surface area contributed by atoms with E-state index in [9.17, 15) is 9.59 Å². The third-order valence-electron chi connectivity index (χ3n) is 3.48. The number of hydrogen-bond donors (Lipinski definition) is 1. The first-order valence-corrected chi connectivity index (χ1v) is 9.98. The van der Waals surface area contributed by atoms with Crippen LogP contribution in [0.1, 0.15) is 41.0 Å². The van der Waals surface area contributed by atoms with Gasteiger partial charge in [0.05, 0.1) is 16.2 Å². The molecule has 0 aliphatic carbocycles. The highest BCUT2D eigenvalue weighted by Gasteiger charge is 2.22. The zero-order valence-electron chi connectivity index (χ0n) is 15.2. The summed E-state index contributed by atoms with van der Waals surface area (Å²) in [6, 6.07) is 5.48. The van der Waals surface area contributed by atoms with Gasteiger partial charge in [0, 0.05) is 16.6 Å². The molecule has 1 amide bonds. The van der Waals surface area contributed by atoms with E-state index in [0.717, 1.165) is 10.9 Å². The van der Waals surface area contributed by atoms with Gasteiger partial charge in [0.25, 0.3) is 5.56 Å². The Morgan fingerprint density at radius 3 is 2.68 bits per heavy atom. The van der Waals surface area contributed by atoms with E-state index >= 15 is 0 Å². The first-order valence-electron chi connectivity index (χ1n) is 8.31. The summed E-state index contributed by atoms with van der Waals surface area (Å²) >= 11 is 4.72. The molecular formula is C18H24BrN3O2S. The molecule has 1 N–H and O–H groups in total. The summed E-state index contributed by atoms with van der Waals surface area (Å²) in [5, 5.41) is 3.79. The SMILES string of the molecule is CCCn1c(SC(C)C(=O)NC(C)(C)C)nc2ccc(Br)cc2c1=O. The van der Waals surface area contributed by atoms with Crippen LogP contribution in [-0.4, -0.2) is 26.2 Å². The lowest BCUT2D eigenvalue weighted by atomic mass is 10.1. The zero-order valence-corrected chi connectivity index (χ0v) is 17.6. The average Bonchev–Trinajstić information content (AvgIpc) is 2.50. The Balaban J connectivity index is 2.42. The van der Waals surface area contributed by atoms with Crippen molar-refractivity contribution in [1.29, 1.82) is 0 Å². The number of halogens is 1. The summed E-state index contributed by atoms with van der Waals surface area (Å²) < 4.78 is 2.51. The maximum absolute atomic E-state index is 12.9. The van der Waals surface area contributed by atoms with Crippen LogP contribution in [-0.2, 0) is 11.3 Å². The molecule has 7 heteroatoms. The third kappa shape index (κ3) is 5.07. The molecule has 25 heavy (non-hydrogen) atoms. The van der Waals surface area contributed by atoms with Crippen molar-refractivity contribution in [2.45, 2.75) is 63.5 Å². The van der Waals surface area contributed by atoms with E-state index in [1.54, 1.807) is 10.6 Å². The summed E-state index contributed by atoms with van der Waals surface area (Å²) in [6.07, 6.45) is 0.817. The molecule has 5 nitrogen and oxygen atoms in total.